The molecule has 2 nitrogen and oxygen atoms in total. The maximum atomic E-state index is 12.8. The van der Waals surface area contributed by atoms with Gasteiger partial charge in [-0.15, -0.1) is 0 Å². The van der Waals surface area contributed by atoms with Crippen LogP contribution in [0.3, 0.4) is 0 Å². The van der Waals surface area contributed by atoms with E-state index in [0.717, 1.165) is 38.4 Å². The summed E-state index contributed by atoms with van der Waals surface area (Å²) in [6.07, 6.45) is -1.36. The predicted octanol–water partition coefficient (Wildman–Crippen LogP) is 3.47. The molecule has 1 N–H and O–H groups in total. The van der Waals surface area contributed by atoms with Crippen LogP contribution >= 0.6 is 0 Å². The fourth-order valence-corrected chi connectivity index (χ4v) is 2.29. The molecule has 106 valence electrons. The lowest BCUT2D eigenvalue weighted by Crippen LogP contribution is -2.17. The van der Waals surface area contributed by atoms with E-state index < -0.39 is 11.7 Å². The third kappa shape index (κ3) is 4.13. The smallest absolute Gasteiger partial charge is 0.419 e. The van der Waals surface area contributed by atoms with Gasteiger partial charge >= 0.3 is 6.18 Å². The predicted molar refractivity (Wildman–Crippen MR) is 67.1 cm³/mol. The molecule has 0 aromatic heterocycles. The van der Waals surface area contributed by atoms with E-state index in [0.29, 0.717) is 12.5 Å². The average molecular weight is 273 g/mol. The normalized spacial score (nSPS) is 20.9. The molecular weight excluding hydrogens is 255 g/mol. The van der Waals surface area contributed by atoms with Crippen LogP contribution in [0.4, 0.5) is 13.2 Å². The molecule has 1 saturated heterocycles. The minimum absolute atomic E-state index is 0.0628. The maximum Gasteiger partial charge on any atom is 0.419 e. The molecule has 0 saturated carbocycles. The van der Waals surface area contributed by atoms with Gasteiger partial charge in [-0.2, -0.15) is 13.2 Å². The summed E-state index contributed by atoms with van der Waals surface area (Å²) in [5, 5.41) is 3.28. The molecule has 0 radical (unpaired) electrons. The molecule has 2 rings (SSSR count). The number of rotatable bonds is 3. The van der Waals surface area contributed by atoms with Crippen molar-refractivity contribution in [3.05, 3.63) is 29.8 Å². The lowest BCUT2D eigenvalue weighted by molar-refractivity contribution is -0.139. The zero-order valence-electron chi connectivity index (χ0n) is 10.7. The Hall–Kier alpha value is -1.23. The van der Waals surface area contributed by atoms with Gasteiger partial charge in [0.15, 0.2) is 0 Å². The van der Waals surface area contributed by atoms with Gasteiger partial charge in [-0.25, -0.2) is 0 Å². The Morgan fingerprint density at radius 3 is 2.74 bits per heavy atom. The number of para-hydroxylation sites is 1. The Morgan fingerprint density at radius 2 is 1.95 bits per heavy atom. The lowest BCUT2D eigenvalue weighted by atomic mass is 10.0. The van der Waals surface area contributed by atoms with Crippen LogP contribution in [0.15, 0.2) is 24.3 Å². The Bertz CT molecular complexity index is 398. The van der Waals surface area contributed by atoms with E-state index in [1.165, 1.54) is 12.1 Å². The summed E-state index contributed by atoms with van der Waals surface area (Å²) in [6.45, 7) is 2.25. The van der Waals surface area contributed by atoms with Crippen molar-refractivity contribution in [2.75, 3.05) is 19.7 Å². The molecule has 1 fully saturated rings. The van der Waals surface area contributed by atoms with Crippen molar-refractivity contribution in [2.24, 2.45) is 5.92 Å². The minimum Gasteiger partial charge on any atom is -0.493 e. The molecule has 0 spiro atoms. The summed E-state index contributed by atoms with van der Waals surface area (Å²) < 4.78 is 43.8. The molecule has 1 aromatic carbocycles. The molecule has 0 aliphatic carbocycles. The molecule has 0 amide bonds. The van der Waals surface area contributed by atoms with Gasteiger partial charge in [-0.3, -0.25) is 0 Å². The first-order valence-corrected chi connectivity index (χ1v) is 6.57. The van der Waals surface area contributed by atoms with E-state index >= 15 is 0 Å². The second-order valence-electron chi connectivity index (χ2n) is 4.85. The zero-order valence-corrected chi connectivity index (χ0v) is 10.7. The van der Waals surface area contributed by atoms with Crippen molar-refractivity contribution in [3.63, 3.8) is 0 Å². The molecule has 19 heavy (non-hydrogen) atoms. The minimum atomic E-state index is -4.36. The first kappa shape index (κ1) is 14.2. The van der Waals surface area contributed by atoms with E-state index in [1.807, 2.05) is 0 Å². The summed E-state index contributed by atoms with van der Waals surface area (Å²) in [7, 11) is 0. The number of ether oxygens (including phenoxy) is 1. The van der Waals surface area contributed by atoms with Crippen molar-refractivity contribution < 1.29 is 17.9 Å². The number of alkyl halides is 3. The molecular formula is C14H18F3NO. The highest BCUT2D eigenvalue weighted by atomic mass is 19.4. The fraction of sp³-hybridized carbons (Fsp3) is 0.571. The van der Waals surface area contributed by atoms with E-state index in [4.69, 9.17) is 4.74 Å². The fourth-order valence-electron chi connectivity index (χ4n) is 2.29. The van der Waals surface area contributed by atoms with Crippen molar-refractivity contribution >= 4 is 0 Å². The molecule has 1 aliphatic heterocycles. The molecule has 1 aromatic rings. The van der Waals surface area contributed by atoms with Crippen molar-refractivity contribution in [3.8, 4) is 5.75 Å². The second-order valence-corrected chi connectivity index (χ2v) is 4.85. The summed E-state index contributed by atoms with van der Waals surface area (Å²) in [6, 6.07) is 5.40. The number of hydrogen-bond acceptors (Lipinski definition) is 2. The molecule has 1 aliphatic rings. The summed E-state index contributed by atoms with van der Waals surface area (Å²) >= 11 is 0. The standard InChI is InChI=1S/C14H18F3NO/c15-14(16,17)12-5-1-2-6-13(12)19-10-11-4-3-8-18-9-7-11/h1-2,5-6,11,18H,3-4,7-10H2. The van der Waals surface area contributed by atoms with Gasteiger partial charge in [-0.05, 0) is 50.4 Å². The van der Waals surface area contributed by atoms with Crippen molar-refractivity contribution in [1.82, 2.24) is 5.32 Å². The topological polar surface area (TPSA) is 21.3 Å². The number of nitrogens with one attached hydrogen (secondary N) is 1. The Balaban J connectivity index is 1.99. The van der Waals surface area contributed by atoms with Gasteiger partial charge in [0.1, 0.15) is 5.75 Å². The molecule has 1 unspecified atom stereocenters. The van der Waals surface area contributed by atoms with E-state index in [2.05, 4.69) is 5.32 Å². The summed E-state index contributed by atoms with van der Waals surface area (Å²) in [5.41, 5.74) is -0.693. The lowest BCUT2D eigenvalue weighted by Gasteiger charge is -2.18. The van der Waals surface area contributed by atoms with Crippen LogP contribution in [-0.2, 0) is 6.18 Å². The zero-order chi connectivity index (χ0) is 13.7. The molecule has 0 bridgehead atoms. The van der Waals surface area contributed by atoms with Crippen LogP contribution in [0.25, 0.3) is 0 Å². The van der Waals surface area contributed by atoms with Gasteiger partial charge < -0.3 is 10.1 Å². The highest BCUT2D eigenvalue weighted by Gasteiger charge is 2.34. The summed E-state index contributed by atoms with van der Waals surface area (Å²) in [5.74, 6) is 0.267. The molecule has 1 heterocycles. The second kappa shape index (κ2) is 6.28. The summed E-state index contributed by atoms with van der Waals surface area (Å²) in [4.78, 5) is 0. The maximum absolute atomic E-state index is 12.8. The van der Waals surface area contributed by atoms with Gasteiger partial charge in [0.25, 0.3) is 0 Å². The monoisotopic (exact) mass is 273 g/mol. The van der Waals surface area contributed by atoms with Crippen LogP contribution in [0.1, 0.15) is 24.8 Å². The first-order chi connectivity index (χ1) is 9.07. The van der Waals surface area contributed by atoms with E-state index in [9.17, 15) is 13.2 Å². The van der Waals surface area contributed by atoms with E-state index in [-0.39, 0.29) is 5.75 Å². The largest absolute Gasteiger partial charge is 0.493 e. The van der Waals surface area contributed by atoms with Crippen LogP contribution in [0.2, 0.25) is 0 Å². The van der Waals surface area contributed by atoms with Gasteiger partial charge in [0.05, 0.1) is 12.2 Å². The Kier molecular flexibility index (Phi) is 4.69. The molecule has 5 heteroatoms. The van der Waals surface area contributed by atoms with Crippen molar-refractivity contribution in [1.29, 1.82) is 0 Å². The van der Waals surface area contributed by atoms with Gasteiger partial charge in [0.2, 0.25) is 0 Å². The van der Waals surface area contributed by atoms with Gasteiger partial charge in [-0.1, -0.05) is 12.1 Å². The van der Waals surface area contributed by atoms with E-state index in [1.54, 1.807) is 6.07 Å². The third-order valence-electron chi connectivity index (χ3n) is 3.36. The average Bonchev–Trinajstić information content (AvgIpc) is 2.64. The first-order valence-electron chi connectivity index (χ1n) is 6.57. The number of hydrogen-bond donors (Lipinski definition) is 1. The highest BCUT2D eigenvalue weighted by Crippen LogP contribution is 2.36. The quantitative estimate of drug-likeness (QED) is 0.910. The van der Waals surface area contributed by atoms with Crippen LogP contribution in [0.5, 0.6) is 5.75 Å². The Morgan fingerprint density at radius 1 is 1.16 bits per heavy atom. The van der Waals surface area contributed by atoms with Crippen LogP contribution in [0, 0.1) is 5.92 Å². The molecule has 1 atom stereocenters. The van der Waals surface area contributed by atoms with Gasteiger partial charge in [0, 0.05) is 0 Å². The third-order valence-corrected chi connectivity index (χ3v) is 3.36. The van der Waals surface area contributed by atoms with Crippen molar-refractivity contribution in [2.45, 2.75) is 25.4 Å². The number of benzene rings is 1. The Labute approximate surface area is 111 Å². The number of halogens is 3. The highest BCUT2D eigenvalue weighted by molar-refractivity contribution is 5.35. The SMILES string of the molecule is FC(F)(F)c1ccccc1OCC1CCCNCC1. The van der Waals surface area contributed by atoms with Crippen LogP contribution < -0.4 is 10.1 Å². The van der Waals surface area contributed by atoms with Crippen LogP contribution in [-0.4, -0.2) is 19.7 Å².